The molecule has 0 saturated heterocycles. The monoisotopic (exact) mass is 288 g/mol. The van der Waals surface area contributed by atoms with E-state index in [2.05, 4.69) is 16.7 Å². The highest BCUT2D eigenvalue weighted by Crippen LogP contribution is 2.27. The van der Waals surface area contributed by atoms with Crippen LogP contribution >= 0.6 is 0 Å². The zero-order chi connectivity index (χ0) is 14.8. The number of nitrogens with one attached hydrogen (secondary N) is 2. The van der Waals surface area contributed by atoms with Gasteiger partial charge >= 0.3 is 12.0 Å². The van der Waals surface area contributed by atoms with Gasteiger partial charge in [0.15, 0.2) is 0 Å². The summed E-state index contributed by atoms with van der Waals surface area (Å²) in [6.07, 6.45) is 5.57. The average Bonchev–Trinajstić information content (AvgIpc) is 3.06. The minimum absolute atomic E-state index is 0.267. The zero-order valence-corrected chi connectivity index (χ0v) is 11.9. The molecule has 0 aliphatic heterocycles. The number of carbonyl (C=O) groups is 2. The first-order valence-electron chi connectivity index (χ1n) is 7.55. The van der Waals surface area contributed by atoms with Crippen LogP contribution in [0.15, 0.2) is 18.2 Å². The van der Waals surface area contributed by atoms with Crippen LogP contribution in [0.4, 0.5) is 10.5 Å². The van der Waals surface area contributed by atoms with Gasteiger partial charge in [0.1, 0.15) is 0 Å². The largest absolute Gasteiger partial charge is 0.481 e. The van der Waals surface area contributed by atoms with Gasteiger partial charge in [-0.25, -0.2) is 4.79 Å². The minimum atomic E-state index is -0.824. The van der Waals surface area contributed by atoms with Gasteiger partial charge in [-0.05, 0) is 55.4 Å². The summed E-state index contributed by atoms with van der Waals surface area (Å²) in [5.41, 5.74) is 3.44. The molecule has 2 atom stereocenters. The molecule has 5 heteroatoms. The molecule has 0 aromatic heterocycles. The third kappa shape index (κ3) is 3.01. The number of fused-ring (bicyclic) bond motifs is 1. The Balaban J connectivity index is 1.60. The average molecular weight is 288 g/mol. The number of benzene rings is 1. The molecule has 5 nitrogen and oxygen atoms in total. The Morgan fingerprint density at radius 2 is 1.90 bits per heavy atom. The summed E-state index contributed by atoms with van der Waals surface area (Å²) >= 11 is 0. The predicted octanol–water partition coefficient (Wildman–Crippen LogP) is 2.55. The van der Waals surface area contributed by atoms with Crippen LogP contribution in [-0.2, 0) is 17.6 Å². The van der Waals surface area contributed by atoms with Gasteiger partial charge in [-0.15, -0.1) is 0 Å². The van der Waals surface area contributed by atoms with Gasteiger partial charge in [0.05, 0.1) is 5.92 Å². The van der Waals surface area contributed by atoms with Gasteiger partial charge in [-0.3, -0.25) is 4.79 Å². The number of hydrogen-bond donors (Lipinski definition) is 3. The highest BCUT2D eigenvalue weighted by atomic mass is 16.4. The standard InChI is InChI=1S/C16H20N2O3/c19-15(20)13-5-2-6-14(13)18-16(21)17-12-8-7-10-3-1-4-11(10)9-12/h7-9,13-14H,1-6H2,(H,19,20)(H2,17,18,21). The van der Waals surface area contributed by atoms with Crippen molar-refractivity contribution in [3.05, 3.63) is 29.3 Å². The lowest BCUT2D eigenvalue weighted by atomic mass is 10.0. The van der Waals surface area contributed by atoms with Crippen molar-refractivity contribution in [3.8, 4) is 0 Å². The Kier molecular flexibility index (Phi) is 3.82. The second-order valence-electron chi connectivity index (χ2n) is 5.92. The first kappa shape index (κ1) is 13.9. The number of carboxylic acid groups (broad SMARTS) is 1. The number of amides is 2. The van der Waals surface area contributed by atoms with E-state index in [-0.39, 0.29) is 12.1 Å². The third-order valence-electron chi connectivity index (χ3n) is 4.51. The Bertz CT molecular complexity index is 571. The van der Waals surface area contributed by atoms with Crippen molar-refractivity contribution in [2.75, 3.05) is 5.32 Å². The summed E-state index contributed by atoms with van der Waals surface area (Å²) < 4.78 is 0. The first-order valence-corrected chi connectivity index (χ1v) is 7.55. The van der Waals surface area contributed by atoms with Gasteiger partial charge in [0.2, 0.25) is 0 Å². The molecular formula is C16H20N2O3. The van der Waals surface area contributed by atoms with Crippen LogP contribution in [0.3, 0.4) is 0 Å². The molecule has 2 unspecified atom stereocenters. The zero-order valence-electron chi connectivity index (χ0n) is 11.9. The van der Waals surface area contributed by atoms with E-state index in [4.69, 9.17) is 5.11 Å². The highest BCUT2D eigenvalue weighted by Gasteiger charge is 2.33. The van der Waals surface area contributed by atoms with Gasteiger partial charge in [-0.1, -0.05) is 12.5 Å². The Hall–Kier alpha value is -2.04. The highest BCUT2D eigenvalue weighted by molar-refractivity contribution is 5.90. The molecule has 0 heterocycles. The molecule has 2 aliphatic carbocycles. The first-order chi connectivity index (χ1) is 10.1. The number of aliphatic carboxylic acids is 1. The molecule has 3 N–H and O–H groups in total. The molecule has 2 aliphatic rings. The van der Waals surface area contributed by atoms with E-state index < -0.39 is 11.9 Å². The van der Waals surface area contributed by atoms with E-state index in [1.54, 1.807) is 0 Å². The second kappa shape index (κ2) is 5.76. The number of rotatable bonds is 3. The lowest BCUT2D eigenvalue weighted by Gasteiger charge is -2.18. The summed E-state index contributed by atoms with van der Waals surface area (Å²) in [6.45, 7) is 0. The summed E-state index contributed by atoms with van der Waals surface area (Å²) in [7, 11) is 0. The van der Waals surface area contributed by atoms with Crippen LogP contribution in [0.1, 0.15) is 36.8 Å². The molecule has 0 spiro atoms. The number of aryl methyl sites for hydroxylation is 2. The fourth-order valence-corrected chi connectivity index (χ4v) is 3.41. The summed E-state index contributed by atoms with van der Waals surface area (Å²) in [6, 6.07) is 5.41. The van der Waals surface area contributed by atoms with E-state index in [1.807, 2.05) is 12.1 Å². The molecule has 3 rings (SSSR count). The van der Waals surface area contributed by atoms with Crippen molar-refractivity contribution < 1.29 is 14.7 Å². The molecule has 1 fully saturated rings. The molecule has 1 saturated carbocycles. The lowest BCUT2D eigenvalue weighted by Crippen LogP contribution is -2.42. The number of carbonyl (C=O) groups excluding carboxylic acids is 1. The quantitative estimate of drug-likeness (QED) is 0.799. The summed E-state index contributed by atoms with van der Waals surface area (Å²) in [5.74, 6) is -1.29. The predicted molar refractivity (Wildman–Crippen MR) is 79.4 cm³/mol. The van der Waals surface area contributed by atoms with Crippen molar-refractivity contribution in [2.45, 2.75) is 44.6 Å². The lowest BCUT2D eigenvalue weighted by molar-refractivity contribution is -0.142. The van der Waals surface area contributed by atoms with Crippen LogP contribution in [0.2, 0.25) is 0 Å². The summed E-state index contributed by atoms with van der Waals surface area (Å²) in [4.78, 5) is 23.1. The van der Waals surface area contributed by atoms with Crippen LogP contribution in [-0.4, -0.2) is 23.1 Å². The molecule has 2 amide bonds. The van der Waals surface area contributed by atoms with Crippen LogP contribution in [0.25, 0.3) is 0 Å². The van der Waals surface area contributed by atoms with Gasteiger partial charge in [0, 0.05) is 11.7 Å². The van der Waals surface area contributed by atoms with Gasteiger partial charge < -0.3 is 15.7 Å². The van der Waals surface area contributed by atoms with Crippen LogP contribution in [0, 0.1) is 5.92 Å². The fourth-order valence-electron chi connectivity index (χ4n) is 3.41. The fraction of sp³-hybridized carbons (Fsp3) is 0.500. The number of urea groups is 1. The smallest absolute Gasteiger partial charge is 0.319 e. The SMILES string of the molecule is O=C(Nc1ccc2c(c1)CCC2)NC1CCCC1C(=O)O. The minimum Gasteiger partial charge on any atom is -0.481 e. The van der Waals surface area contributed by atoms with E-state index >= 15 is 0 Å². The summed E-state index contributed by atoms with van der Waals surface area (Å²) in [5, 5.41) is 14.7. The van der Waals surface area contributed by atoms with Crippen molar-refractivity contribution in [1.29, 1.82) is 0 Å². The molecular weight excluding hydrogens is 268 g/mol. The number of carboxylic acids is 1. The Morgan fingerprint density at radius 1 is 1.10 bits per heavy atom. The maximum absolute atomic E-state index is 12.0. The van der Waals surface area contributed by atoms with Crippen molar-refractivity contribution in [3.63, 3.8) is 0 Å². The third-order valence-corrected chi connectivity index (χ3v) is 4.51. The maximum Gasteiger partial charge on any atom is 0.319 e. The maximum atomic E-state index is 12.0. The molecule has 1 aromatic rings. The van der Waals surface area contributed by atoms with E-state index in [1.165, 1.54) is 17.5 Å². The molecule has 1 aromatic carbocycles. The molecule has 0 bridgehead atoms. The van der Waals surface area contributed by atoms with E-state index in [0.29, 0.717) is 6.42 Å². The van der Waals surface area contributed by atoms with Crippen molar-refractivity contribution in [2.24, 2.45) is 5.92 Å². The van der Waals surface area contributed by atoms with Gasteiger partial charge in [-0.2, -0.15) is 0 Å². The van der Waals surface area contributed by atoms with E-state index in [0.717, 1.165) is 31.4 Å². The number of hydrogen-bond acceptors (Lipinski definition) is 2. The van der Waals surface area contributed by atoms with Crippen molar-refractivity contribution in [1.82, 2.24) is 5.32 Å². The number of anilines is 1. The molecule has 21 heavy (non-hydrogen) atoms. The second-order valence-corrected chi connectivity index (χ2v) is 5.92. The normalized spacial score (nSPS) is 23.6. The molecule has 112 valence electrons. The van der Waals surface area contributed by atoms with Crippen LogP contribution in [0.5, 0.6) is 0 Å². The Labute approximate surface area is 123 Å². The van der Waals surface area contributed by atoms with Crippen molar-refractivity contribution >= 4 is 17.7 Å². The Morgan fingerprint density at radius 3 is 2.71 bits per heavy atom. The topological polar surface area (TPSA) is 78.4 Å². The van der Waals surface area contributed by atoms with Gasteiger partial charge in [0.25, 0.3) is 0 Å². The van der Waals surface area contributed by atoms with E-state index in [9.17, 15) is 9.59 Å². The molecule has 0 radical (unpaired) electrons. The van der Waals surface area contributed by atoms with Crippen LogP contribution < -0.4 is 10.6 Å².